The largest absolute Gasteiger partial charge is 0.377 e. The van der Waals surface area contributed by atoms with Crippen LogP contribution in [0.1, 0.15) is 28.3 Å². The second kappa shape index (κ2) is 7.44. The van der Waals surface area contributed by atoms with Crippen LogP contribution in [-0.2, 0) is 17.9 Å². The molecule has 130 valence electrons. The van der Waals surface area contributed by atoms with Crippen LogP contribution in [0.5, 0.6) is 0 Å². The number of benzene rings is 1. The van der Waals surface area contributed by atoms with Gasteiger partial charge in [-0.1, -0.05) is 18.2 Å². The quantitative estimate of drug-likeness (QED) is 0.747. The molecule has 0 atom stereocenters. The Hall–Kier alpha value is -2.73. The molecule has 1 aromatic carbocycles. The lowest BCUT2D eigenvalue weighted by molar-refractivity contribution is 0.178. The molecule has 0 bridgehead atoms. The van der Waals surface area contributed by atoms with Gasteiger partial charge in [-0.25, -0.2) is 14.6 Å². The number of para-hydroxylation sites is 1. The third kappa shape index (κ3) is 3.69. The van der Waals surface area contributed by atoms with Gasteiger partial charge in [0.25, 0.3) is 0 Å². The average Bonchev–Trinajstić information content (AvgIpc) is 2.88. The van der Waals surface area contributed by atoms with Gasteiger partial charge >= 0.3 is 0 Å². The van der Waals surface area contributed by atoms with E-state index in [0.717, 1.165) is 22.9 Å². The van der Waals surface area contributed by atoms with Crippen molar-refractivity contribution >= 4 is 5.82 Å². The summed E-state index contributed by atoms with van der Waals surface area (Å²) >= 11 is 0. The van der Waals surface area contributed by atoms with E-state index in [2.05, 4.69) is 41.3 Å². The van der Waals surface area contributed by atoms with Crippen LogP contribution < -0.4 is 5.32 Å². The van der Waals surface area contributed by atoms with Gasteiger partial charge in [0, 0.05) is 31.1 Å². The highest BCUT2D eigenvalue weighted by Crippen LogP contribution is 2.21. The summed E-state index contributed by atoms with van der Waals surface area (Å²) in [6.45, 7) is 7.29. The van der Waals surface area contributed by atoms with Crippen molar-refractivity contribution in [2.45, 2.75) is 33.9 Å². The molecule has 0 radical (unpaired) electrons. The predicted octanol–water partition coefficient (Wildman–Crippen LogP) is 3.35. The summed E-state index contributed by atoms with van der Waals surface area (Å²) in [5.41, 5.74) is 5.63. The second-order valence-electron chi connectivity index (χ2n) is 5.99. The first-order chi connectivity index (χ1) is 12.1. The smallest absolute Gasteiger partial charge is 0.156 e. The van der Waals surface area contributed by atoms with Gasteiger partial charge in [-0.3, -0.25) is 0 Å². The molecular weight excluding hydrogens is 314 g/mol. The third-order valence-electron chi connectivity index (χ3n) is 4.21. The minimum Gasteiger partial charge on any atom is -0.377 e. The molecular formula is C19H23N5O. The molecule has 0 fully saturated rings. The highest BCUT2D eigenvalue weighted by atomic mass is 16.5. The van der Waals surface area contributed by atoms with Crippen LogP contribution in [-0.4, -0.2) is 26.9 Å². The van der Waals surface area contributed by atoms with E-state index in [1.54, 1.807) is 13.3 Å². The lowest BCUT2D eigenvalue weighted by Gasteiger charge is -2.09. The molecule has 6 heteroatoms. The summed E-state index contributed by atoms with van der Waals surface area (Å²) in [4.78, 5) is 8.62. The Morgan fingerprint density at radius 1 is 1.12 bits per heavy atom. The van der Waals surface area contributed by atoms with Crippen LogP contribution in [0.15, 0.2) is 36.5 Å². The number of methoxy groups -OCH3 is 1. The van der Waals surface area contributed by atoms with E-state index < -0.39 is 0 Å². The fourth-order valence-corrected chi connectivity index (χ4v) is 2.84. The predicted molar refractivity (Wildman–Crippen MR) is 97.8 cm³/mol. The summed E-state index contributed by atoms with van der Waals surface area (Å²) < 4.78 is 7.09. The standard InChI is InChI=1S/C19H23N5O/c1-13-7-5-6-8-17(13)24-15(3)16(14(2)23-24)11-21-18-9-10-20-19(22-18)12-25-4/h5-10H,11-12H2,1-4H3,(H,20,21,22). The number of nitrogens with one attached hydrogen (secondary N) is 1. The lowest BCUT2D eigenvalue weighted by Crippen LogP contribution is -2.06. The maximum Gasteiger partial charge on any atom is 0.156 e. The van der Waals surface area contributed by atoms with E-state index in [9.17, 15) is 0 Å². The Kier molecular flexibility index (Phi) is 5.09. The second-order valence-corrected chi connectivity index (χ2v) is 5.99. The van der Waals surface area contributed by atoms with E-state index in [0.29, 0.717) is 19.0 Å². The van der Waals surface area contributed by atoms with Gasteiger partial charge in [0.1, 0.15) is 12.4 Å². The van der Waals surface area contributed by atoms with E-state index in [1.165, 1.54) is 11.1 Å². The Balaban J connectivity index is 1.82. The van der Waals surface area contributed by atoms with Crippen molar-refractivity contribution in [2.24, 2.45) is 0 Å². The van der Waals surface area contributed by atoms with Crippen molar-refractivity contribution in [3.05, 3.63) is 64.9 Å². The number of hydrogen-bond acceptors (Lipinski definition) is 5. The van der Waals surface area contributed by atoms with Gasteiger partial charge in [0.15, 0.2) is 5.82 Å². The molecule has 0 amide bonds. The molecule has 2 aromatic heterocycles. The molecule has 0 aliphatic rings. The average molecular weight is 337 g/mol. The van der Waals surface area contributed by atoms with Gasteiger partial charge < -0.3 is 10.1 Å². The first-order valence-corrected chi connectivity index (χ1v) is 8.26. The van der Waals surface area contributed by atoms with E-state index in [-0.39, 0.29) is 0 Å². The van der Waals surface area contributed by atoms with Gasteiger partial charge in [-0.2, -0.15) is 5.10 Å². The number of rotatable bonds is 6. The van der Waals surface area contributed by atoms with E-state index >= 15 is 0 Å². The number of anilines is 1. The molecule has 25 heavy (non-hydrogen) atoms. The summed E-state index contributed by atoms with van der Waals surface area (Å²) in [7, 11) is 1.64. The molecule has 6 nitrogen and oxygen atoms in total. The van der Waals surface area contributed by atoms with E-state index in [4.69, 9.17) is 9.84 Å². The van der Waals surface area contributed by atoms with Crippen LogP contribution in [0.25, 0.3) is 5.69 Å². The fourth-order valence-electron chi connectivity index (χ4n) is 2.84. The molecule has 0 aliphatic carbocycles. The van der Waals surface area contributed by atoms with Crippen LogP contribution in [0.3, 0.4) is 0 Å². The third-order valence-corrected chi connectivity index (χ3v) is 4.21. The van der Waals surface area contributed by atoms with Crippen LogP contribution >= 0.6 is 0 Å². The number of nitrogens with zero attached hydrogens (tertiary/aromatic N) is 4. The highest BCUT2D eigenvalue weighted by Gasteiger charge is 2.14. The summed E-state index contributed by atoms with van der Waals surface area (Å²) in [5, 5.41) is 8.09. The Morgan fingerprint density at radius 2 is 1.92 bits per heavy atom. The van der Waals surface area contributed by atoms with Crippen LogP contribution in [0.4, 0.5) is 5.82 Å². The summed E-state index contributed by atoms with van der Waals surface area (Å²) in [6, 6.07) is 10.1. The SMILES string of the molecule is COCc1nccc(NCc2c(C)nn(-c3ccccc3C)c2C)n1. The fraction of sp³-hybridized carbons (Fsp3) is 0.316. The Bertz CT molecular complexity index is 872. The van der Waals surface area contributed by atoms with Crippen LogP contribution in [0.2, 0.25) is 0 Å². The molecule has 3 aromatic rings. The number of aryl methyl sites for hydroxylation is 2. The van der Waals surface area contributed by atoms with Crippen molar-refractivity contribution in [3.8, 4) is 5.69 Å². The van der Waals surface area contributed by atoms with Crippen molar-refractivity contribution in [1.82, 2.24) is 19.7 Å². The molecule has 0 saturated carbocycles. The Labute approximate surface area is 147 Å². The maximum atomic E-state index is 5.08. The van der Waals surface area contributed by atoms with Crippen molar-refractivity contribution in [3.63, 3.8) is 0 Å². The zero-order chi connectivity index (χ0) is 17.8. The van der Waals surface area contributed by atoms with Gasteiger partial charge in [0.05, 0.1) is 11.4 Å². The Morgan fingerprint density at radius 3 is 2.68 bits per heavy atom. The summed E-state index contributed by atoms with van der Waals surface area (Å²) in [5.74, 6) is 1.45. The topological polar surface area (TPSA) is 64.9 Å². The number of hydrogen-bond donors (Lipinski definition) is 1. The van der Waals surface area contributed by atoms with Gasteiger partial charge in [-0.15, -0.1) is 0 Å². The lowest BCUT2D eigenvalue weighted by atomic mass is 10.1. The molecule has 1 N–H and O–H groups in total. The number of ether oxygens (including phenoxy) is 1. The summed E-state index contributed by atoms with van der Waals surface area (Å²) in [6.07, 6.45) is 1.74. The molecule has 0 saturated heterocycles. The zero-order valence-electron chi connectivity index (χ0n) is 15.1. The van der Waals surface area contributed by atoms with Crippen molar-refractivity contribution in [1.29, 1.82) is 0 Å². The van der Waals surface area contributed by atoms with Crippen molar-refractivity contribution in [2.75, 3.05) is 12.4 Å². The first-order valence-electron chi connectivity index (χ1n) is 8.26. The molecule has 3 rings (SSSR count). The monoisotopic (exact) mass is 337 g/mol. The highest BCUT2D eigenvalue weighted by molar-refractivity contribution is 5.44. The van der Waals surface area contributed by atoms with Gasteiger partial charge in [-0.05, 0) is 38.5 Å². The normalized spacial score (nSPS) is 10.9. The molecule has 2 heterocycles. The maximum absolute atomic E-state index is 5.08. The molecule has 0 unspecified atom stereocenters. The first kappa shape index (κ1) is 17.1. The van der Waals surface area contributed by atoms with Gasteiger partial charge in [0.2, 0.25) is 0 Å². The van der Waals surface area contributed by atoms with E-state index in [1.807, 2.05) is 29.8 Å². The molecule has 0 spiro atoms. The zero-order valence-corrected chi connectivity index (χ0v) is 15.1. The van der Waals surface area contributed by atoms with Crippen molar-refractivity contribution < 1.29 is 4.74 Å². The van der Waals surface area contributed by atoms with Crippen LogP contribution in [0, 0.1) is 20.8 Å². The minimum absolute atomic E-state index is 0.402. The molecule has 0 aliphatic heterocycles. The number of aromatic nitrogens is 4. The minimum atomic E-state index is 0.402.